The second-order valence-corrected chi connectivity index (χ2v) is 7.03. The fraction of sp³-hybridized carbons (Fsp3) is 0.100. The van der Waals surface area contributed by atoms with Gasteiger partial charge in [0, 0.05) is 29.3 Å². The Bertz CT molecular complexity index is 1170. The van der Waals surface area contributed by atoms with Crippen LogP contribution >= 0.6 is 23.7 Å². The highest BCUT2D eigenvalue weighted by molar-refractivity contribution is 7.16. The predicted molar refractivity (Wildman–Crippen MR) is 113 cm³/mol. The van der Waals surface area contributed by atoms with Crippen LogP contribution in [0.25, 0.3) is 21.5 Å². The summed E-state index contributed by atoms with van der Waals surface area (Å²) in [4.78, 5) is 26.1. The van der Waals surface area contributed by atoms with Crippen molar-refractivity contribution in [2.24, 2.45) is 5.73 Å². The summed E-state index contributed by atoms with van der Waals surface area (Å²) in [7, 11) is 0. The molecule has 1 aromatic carbocycles. The molecule has 9 heteroatoms. The van der Waals surface area contributed by atoms with Crippen LogP contribution in [-0.4, -0.2) is 20.9 Å². The number of amides is 1. The van der Waals surface area contributed by atoms with Crippen molar-refractivity contribution < 1.29 is 9.18 Å². The Balaban J connectivity index is 0.00000240. The van der Waals surface area contributed by atoms with Gasteiger partial charge in [0.2, 0.25) is 0 Å². The highest BCUT2D eigenvalue weighted by Gasteiger charge is 2.13. The summed E-state index contributed by atoms with van der Waals surface area (Å²) < 4.78 is 14.2. The molecule has 1 amide bonds. The second-order valence-electron chi connectivity index (χ2n) is 6.13. The molecular weight excluding hydrogens is 413 g/mol. The Morgan fingerprint density at radius 2 is 2.00 bits per heavy atom. The maximum atomic E-state index is 14.2. The van der Waals surface area contributed by atoms with Gasteiger partial charge in [0.25, 0.3) is 5.91 Å². The number of aromatic nitrogens is 3. The summed E-state index contributed by atoms with van der Waals surface area (Å²) >= 11 is 1.48. The molecule has 0 aliphatic carbocycles. The van der Waals surface area contributed by atoms with Gasteiger partial charge in [0.15, 0.2) is 0 Å². The van der Waals surface area contributed by atoms with E-state index in [1.165, 1.54) is 29.8 Å². The average Bonchev–Trinajstić information content (AvgIpc) is 3.20. The number of carbonyl (C=O) groups excluding carboxylic acids is 1. The van der Waals surface area contributed by atoms with Crippen molar-refractivity contribution in [3.05, 3.63) is 76.9 Å². The van der Waals surface area contributed by atoms with Crippen molar-refractivity contribution in [3.63, 3.8) is 0 Å². The zero-order valence-corrected chi connectivity index (χ0v) is 16.8. The van der Waals surface area contributed by atoms with E-state index < -0.39 is 11.7 Å². The molecule has 0 aliphatic rings. The summed E-state index contributed by atoms with van der Waals surface area (Å²) in [5.41, 5.74) is 8.57. The summed E-state index contributed by atoms with van der Waals surface area (Å²) in [5, 5.41) is 5.49. The molecule has 0 aliphatic heterocycles. The largest absolute Gasteiger partial charge is 0.346 e. The first-order valence-corrected chi connectivity index (χ1v) is 9.43. The normalized spacial score (nSPS) is 10.6. The number of nitrogens with two attached hydrogens (primary N) is 1. The van der Waals surface area contributed by atoms with Crippen LogP contribution < -0.4 is 11.1 Å². The Labute approximate surface area is 176 Å². The van der Waals surface area contributed by atoms with E-state index in [1.54, 1.807) is 12.3 Å². The maximum absolute atomic E-state index is 14.2. The minimum Gasteiger partial charge on any atom is -0.346 e. The van der Waals surface area contributed by atoms with Crippen molar-refractivity contribution in [2.75, 3.05) is 0 Å². The monoisotopic (exact) mass is 429 g/mol. The number of hydrogen-bond donors (Lipinski definition) is 2. The topological polar surface area (TPSA) is 93.8 Å². The third kappa shape index (κ3) is 4.56. The van der Waals surface area contributed by atoms with Gasteiger partial charge in [0.1, 0.15) is 17.0 Å². The smallest absolute Gasteiger partial charge is 0.251 e. The van der Waals surface area contributed by atoms with Crippen molar-refractivity contribution in [1.82, 2.24) is 20.3 Å². The van der Waals surface area contributed by atoms with Gasteiger partial charge in [-0.2, -0.15) is 0 Å². The Kier molecular flexibility index (Phi) is 6.48. The fourth-order valence-corrected chi connectivity index (χ4v) is 3.63. The van der Waals surface area contributed by atoms with Crippen molar-refractivity contribution in [3.8, 4) is 11.3 Å². The molecule has 3 N–H and O–H groups in total. The van der Waals surface area contributed by atoms with Gasteiger partial charge in [-0.3, -0.25) is 9.78 Å². The molecule has 0 atom stereocenters. The molecule has 0 unspecified atom stereocenters. The molecule has 4 rings (SSSR count). The first-order valence-electron chi connectivity index (χ1n) is 8.55. The lowest BCUT2D eigenvalue weighted by molar-refractivity contribution is 0.0950. The fourth-order valence-electron chi connectivity index (χ4n) is 2.90. The Hall–Kier alpha value is -2.94. The summed E-state index contributed by atoms with van der Waals surface area (Å²) in [6, 6.07) is 9.72. The SMILES string of the molecule is Cl.NCc1ccnc(CNC(=O)c2cc(F)cc(-c3ncnc4sccc34)c2)c1. The lowest BCUT2D eigenvalue weighted by Gasteiger charge is -2.09. The van der Waals surface area contributed by atoms with Crippen LogP contribution in [-0.2, 0) is 13.1 Å². The summed E-state index contributed by atoms with van der Waals surface area (Å²) in [5.74, 6) is -0.899. The number of fused-ring (bicyclic) bond motifs is 1. The Morgan fingerprint density at radius 1 is 1.14 bits per heavy atom. The van der Waals surface area contributed by atoms with E-state index in [9.17, 15) is 9.18 Å². The van der Waals surface area contributed by atoms with Gasteiger partial charge in [-0.1, -0.05) is 0 Å². The van der Waals surface area contributed by atoms with Crippen LogP contribution in [0.3, 0.4) is 0 Å². The van der Waals surface area contributed by atoms with E-state index in [-0.39, 0.29) is 24.5 Å². The van der Waals surface area contributed by atoms with Gasteiger partial charge in [-0.05, 0) is 47.3 Å². The van der Waals surface area contributed by atoms with Crippen molar-refractivity contribution in [2.45, 2.75) is 13.1 Å². The standard InChI is InChI=1S/C20H16FN5OS.ClH/c21-15-7-13(18-17-2-4-28-20(17)26-11-25-18)6-14(8-15)19(27)24-10-16-5-12(9-22)1-3-23-16;/h1-8,11H,9-10,22H2,(H,24,27);1H. The van der Waals surface area contributed by atoms with Gasteiger partial charge >= 0.3 is 0 Å². The van der Waals surface area contributed by atoms with Crippen LogP contribution in [0.4, 0.5) is 4.39 Å². The molecule has 6 nitrogen and oxygen atoms in total. The zero-order chi connectivity index (χ0) is 19.5. The van der Waals surface area contributed by atoms with Crippen molar-refractivity contribution >= 4 is 39.9 Å². The lowest BCUT2D eigenvalue weighted by atomic mass is 10.0. The molecule has 0 fully saturated rings. The van der Waals surface area contributed by atoms with E-state index in [1.807, 2.05) is 23.6 Å². The number of nitrogens with zero attached hydrogens (tertiary/aromatic N) is 3. The van der Waals surface area contributed by atoms with Crippen LogP contribution in [0.2, 0.25) is 0 Å². The zero-order valence-electron chi connectivity index (χ0n) is 15.1. The minimum atomic E-state index is -0.507. The van der Waals surface area contributed by atoms with E-state index in [2.05, 4.69) is 20.3 Å². The highest BCUT2D eigenvalue weighted by Crippen LogP contribution is 2.29. The average molecular weight is 430 g/mol. The van der Waals surface area contributed by atoms with Gasteiger partial charge in [-0.15, -0.1) is 23.7 Å². The highest BCUT2D eigenvalue weighted by atomic mass is 35.5. The molecule has 0 bridgehead atoms. The molecule has 3 aromatic heterocycles. The molecule has 0 saturated carbocycles. The van der Waals surface area contributed by atoms with Gasteiger partial charge < -0.3 is 11.1 Å². The van der Waals surface area contributed by atoms with Crippen molar-refractivity contribution in [1.29, 1.82) is 0 Å². The molecule has 0 saturated heterocycles. The molecule has 0 spiro atoms. The predicted octanol–water partition coefficient (Wildman–Crippen LogP) is 3.70. The van der Waals surface area contributed by atoms with Crippen LogP contribution in [0.5, 0.6) is 0 Å². The van der Waals surface area contributed by atoms with Gasteiger partial charge in [0.05, 0.1) is 17.9 Å². The first kappa shape index (κ1) is 20.8. The summed E-state index contributed by atoms with van der Waals surface area (Å²) in [6.07, 6.45) is 3.08. The third-order valence-electron chi connectivity index (χ3n) is 4.24. The maximum Gasteiger partial charge on any atom is 0.251 e. The van der Waals surface area contributed by atoms with E-state index in [0.29, 0.717) is 23.5 Å². The quantitative estimate of drug-likeness (QED) is 0.504. The van der Waals surface area contributed by atoms with E-state index in [0.717, 1.165) is 15.8 Å². The third-order valence-corrected chi connectivity index (χ3v) is 5.06. The van der Waals surface area contributed by atoms with Gasteiger partial charge in [-0.25, -0.2) is 14.4 Å². The first-order chi connectivity index (χ1) is 13.6. The number of rotatable bonds is 5. The van der Waals surface area contributed by atoms with E-state index in [4.69, 9.17) is 5.73 Å². The number of benzene rings is 1. The number of pyridine rings is 1. The Morgan fingerprint density at radius 3 is 2.83 bits per heavy atom. The molecule has 148 valence electrons. The number of hydrogen-bond acceptors (Lipinski definition) is 6. The second kappa shape index (κ2) is 9.04. The molecule has 4 aromatic rings. The summed E-state index contributed by atoms with van der Waals surface area (Å²) in [6.45, 7) is 0.619. The van der Waals surface area contributed by atoms with Crippen LogP contribution in [0.15, 0.2) is 54.3 Å². The molecule has 29 heavy (non-hydrogen) atoms. The minimum absolute atomic E-state index is 0. The molecule has 0 radical (unpaired) electrons. The van der Waals surface area contributed by atoms with Crippen LogP contribution in [0.1, 0.15) is 21.6 Å². The molecular formula is C20H17ClFN5OS. The number of nitrogens with one attached hydrogen (secondary N) is 1. The van der Waals surface area contributed by atoms with Crippen LogP contribution in [0, 0.1) is 5.82 Å². The number of thiophene rings is 1. The molecule has 3 heterocycles. The number of carbonyl (C=O) groups is 1. The number of halogens is 2. The van der Waals surface area contributed by atoms with E-state index >= 15 is 0 Å². The lowest BCUT2D eigenvalue weighted by Crippen LogP contribution is -2.23.